The smallest absolute Gasteiger partial charge is 0.333 e. The lowest BCUT2D eigenvalue weighted by Crippen LogP contribution is -2.07. The summed E-state index contributed by atoms with van der Waals surface area (Å²) >= 11 is 0. The van der Waals surface area contributed by atoms with Crippen molar-refractivity contribution in [1.29, 1.82) is 0 Å². The molecule has 0 saturated carbocycles. The Morgan fingerprint density at radius 2 is 2.38 bits per heavy atom. The lowest BCUT2D eigenvalue weighted by atomic mass is 10.4. The maximum absolute atomic E-state index is 10.5. The molecule has 0 fully saturated rings. The molecule has 0 saturated heterocycles. The van der Waals surface area contributed by atoms with Crippen molar-refractivity contribution in [3.63, 3.8) is 0 Å². The Kier molecular flexibility index (Phi) is 1.21. The quantitative estimate of drug-likeness (QED) is 0.374. The van der Waals surface area contributed by atoms with Crippen LogP contribution in [-0.4, -0.2) is 12.6 Å². The van der Waals surface area contributed by atoms with E-state index in [-0.39, 0.29) is 11.9 Å². The molecule has 42 valence electrons. The zero-order chi connectivity index (χ0) is 5.98. The van der Waals surface area contributed by atoms with Crippen LogP contribution >= 0.6 is 0 Å². The van der Waals surface area contributed by atoms with Crippen molar-refractivity contribution in [2.24, 2.45) is 5.92 Å². The summed E-state index contributed by atoms with van der Waals surface area (Å²) in [7, 11) is 0. The molecule has 0 aliphatic heterocycles. The molecule has 0 atom stereocenters. The molecular weight excluding hydrogens is 104 g/mol. The van der Waals surface area contributed by atoms with Crippen molar-refractivity contribution in [2.75, 3.05) is 6.61 Å². The number of ether oxygens (including phenoxy) is 1. The predicted octanol–water partition coefficient (Wildman–Crippen LogP) is 0.183. The van der Waals surface area contributed by atoms with Crippen LogP contribution in [0.2, 0.25) is 0 Å². The van der Waals surface area contributed by atoms with E-state index < -0.39 is 0 Å². The van der Waals surface area contributed by atoms with Gasteiger partial charge >= 0.3 is 5.97 Å². The predicted molar refractivity (Wildman–Crippen MR) is 27.9 cm³/mol. The van der Waals surface area contributed by atoms with Gasteiger partial charge in [0, 0.05) is 0 Å². The van der Waals surface area contributed by atoms with Crippen molar-refractivity contribution in [3.05, 3.63) is 0 Å². The van der Waals surface area contributed by atoms with Crippen LogP contribution in [0, 0.1) is 17.8 Å². The SMILES string of the molecule is CCOC(=O)C1C#C1. The second-order valence-electron chi connectivity index (χ2n) is 1.47. The standard InChI is InChI=1S/C6H6O2/c1-2-8-6(7)5-3-4-5/h5H,2H2,1H3. The van der Waals surface area contributed by atoms with Gasteiger partial charge < -0.3 is 4.74 Å². The van der Waals surface area contributed by atoms with E-state index in [0.717, 1.165) is 0 Å². The summed E-state index contributed by atoms with van der Waals surface area (Å²) in [5, 5.41) is 0. The first-order valence-electron chi connectivity index (χ1n) is 2.52. The summed E-state index contributed by atoms with van der Waals surface area (Å²) in [5.74, 6) is 4.72. The monoisotopic (exact) mass is 110 g/mol. The van der Waals surface area contributed by atoms with Gasteiger partial charge in [-0.05, 0) is 6.92 Å². The van der Waals surface area contributed by atoms with Crippen LogP contribution in [0.5, 0.6) is 0 Å². The van der Waals surface area contributed by atoms with Crippen LogP contribution in [0.4, 0.5) is 0 Å². The molecule has 0 radical (unpaired) electrons. The number of hydrogen-bond donors (Lipinski definition) is 0. The Labute approximate surface area is 47.8 Å². The van der Waals surface area contributed by atoms with Crippen molar-refractivity contribution < 1.29 is 9.53 Å². The third kappa shape index (κ3) is 1.00. The molecule has 8 heavy (non-hydrogen) atoms. The second kappa shape index (κ2) is 1.87. The number of rotatable bonds is 2. The average molecular weight is 110 g/mol. The number of carbonyl (C=O) groups is 1. The first-order chi connectivity index (χ1) is 3.84. The third-order valence-electron chi connectivity index (χ3n) is 0.811. The molecule has 0 spiro atoms. The fourth-order valence-corrected chi connectivity index (χ4v) is 0.385. The van der Waals surface area contributed by atoms with Crippen molar-refractivity contribution in [1.82, 2.24) is 0 Å². The zero-order valence-electron chi connectivity index (χ0n) is 4.60. The van der Waals surface area contributed by atoms with E-state index in [1.54, 1.807) is 6.92 Å². The molecule has 0 aromatic heterocycles. The van der Waals surface area contributed by atoms with Crippen LogP contribution < -0.4 is 0 Å². The summed E-state index contributed by atoms with van der Waals surface area (Å²) in [6, 6.07) is 0. The van der Waals surface area contributed by atoms with Crippen molar-refractivity contribution >= 4 is 5.97 Å². The Morgan fingerprint density at radius 3 is 2.75 bits per heavy atom. The number of carbonyl (C=O) groups excluding carboxylic acids is 1. The molecule has 0 aromatic carbocycles. The Bertz CT molecular complexity index is 153. The molecule has 2 heteroatoms. The number of esters is 1. The van der Waals surface area contributed by atoms with E-state index in [9.17, 15) is 4.79 Å². The minimum Gasteiger partial charge on any atom is -0.464 e. The normalized spacial score (nSPS) is 14.1. The van der Waals surface area contributed by atoms with E-state index >= 15 is 0 Å². The fraction of sp³-hybridized carbons (Fsp3) is 0.500. The lowest BCUT2D eigenvalue weighted by molar-refractivity contribution is -0.143. The molecule has 1 aliphatic carbocycles. The molecule has 0 heterocycles. The Morgan fingerprint density at radius 1 is 1.75 bits per heavy atom. The fourth-order valence-electron chi connectivity index (χ4n) is 0.385. The van der Waals surface area contributed by atoms with E-state index in [1.165, 1.54) is 0 Å². The maximum Gasteiger partial charge on any atom is 0.333 e. The lowest BCUT2D eigenvalue weighted by Gasteiger charge is -1.94. The summed E-state index contributed by atoms with van der Waals surface area (Å²) in [6.45, 7) is 2.22. The number of hydrogen-bond acceptors (Lipinski definition) is 2. The van der Waals surface area contributed by atoms with E-state index in [0.29, 0.717) is 6.61 Å². The van der Waals surface area contributed by atoms with Gasteiger partial charge in [0.15, 0.2) is 5.92 Å². The highest BCUT2D eigenvalue weighted by Crippen LogP contribution is 2.05. The highest BCUT2D eigenvalue weighted by Gasteiger charge is 2.21. The highest BCUT2D eigenvalue weighted by atomic mass is 16.5. The van der Waals surface area contributed by atoms with Crippen LogP contribution in [0.1, 0.15) is 6.92 Å². The van der Waals surface area contributed by atoms with Gasteiger partial charge in [-0.15, -0.1) is 0 Å². The average Bonchev–Trinajstić information content (AvgIpc) is 2.45. The highest BCUT2D eigenvalue weighted by molar-refractivity contribution is 5.84. The van der Waals surface area contributed by atoms with Gasteiger partial charge in [-0.25, -0.2) is 4.79 Å². The molecular formula is C6H6O2. The summed E-state index contributed by atoms with van der Waals surface area (Å²) < 4.78 is 4.60. The second-order valence-corrected chi connectivity index (χ2v) is 1.47. The van der Waals surface area contributed by atoms with Crippen molar-refractivity contribution in [3.8, 4) is 11.8 Å². The van der Waals surface area contributed by atoms with E-state index in [2.05, 4.69) is 16.6 Å². The van der Waals surface area contributed by atoms with Crippen LogP contribution in [0.15, 0.2) is 0 Å². The summed E-state index contributed by atoms with van der Waals surface area (Å²) in [4.78, 5) is 10.5. The summed E-state index contributed by atoms with van der Waals surface area (Å²) in [5.41, 5.74) is 0. The molecule has 0 amide bonds. The molecule has 2 nitrogen and oxygen atoms in total. The van der Waals surface area contributed by atoms with E-state index in [1.807, 2.05) is 0 Å². The Hall–Kier alpha value is -0.970. The first kappa shape index (κ1) is 5.17. The largest absolute Gasteiger partial charge is 0.464 e. The maximum atomic E-state index is 10.5. The topological polar surface area (TPSA) is 26.3 Å². The van der Waals surface area contributed by atoms with Crippen LogP contribution in [0.25, 0.3) is 0 Å². The van der Waals surface area contributed by atoms with E-state index in [4.69, 9.17) is 0 Å². The van der Waals surface area contributed by atoms with Gasteiger partial charge in [0.25, 0.3) is 0 Å². The molecule has 0 unspecified atom stereocenters. The third-order valence-corrected chi connectivity index (χ3v) is 0.811. The van der Waals surface area contributed by atoms with Crippen LogP contribution in [0.3, 0.4) is 0 Å². The molecule has 0 N–H and O–H groups in total. The van der Waals surface area contributed by atoms with Crippen LogP contribution in [-0.2, 0) is 9.53 Å². The van der Waals surface area contributed by atoms with Gasteiger partial charge in [0.2, 0.25) is 0 Å². The zero-order valence-corrected chi connectivity index (χ0v) is 4.60. The van der Waals surface area contributed by atoms with Crippen molar-refractivity contribution in [2.45, 2.75) is 6.92 Å². The molecule has 0 aromatic rings. The molecule has 0 bridgehead atoms. The van der Waals surface area contributed by atoms with Gasteiger partial charge in [0.05, 0.1) is 6.61 Å². The minimum absolute atomic E-state index is 0.229. The molecule has 1 aliphatic rings. The minimum atomic E-state index is -0.241. The van der Waals surface area contributed by atoms with Gasteiger partial charge in [-0.1, -0.05) is 11.8 Å². The van der Waals surface area contributed by atoms with Gasteiger partial charge in [0.1, 0.15) is 0 Å². The van der Waals surface area contributed by atoms with Gasteiger partial charge in [-0.2, -0.15) is 0 Å². The van der Waals surface area contributed by atoms with Gasteiger partial charge in [-0.3, -0.25) is 0 Å². The first-order valence-corrected chi connectivity index (χ1v) is 2.52. The summed E-state index contributed by atoms with van der Waals surface area (Å²) in [6.07, 6.45) is 0. The molecule has 1 rings (SSSR count). The Balaban J connectivity index is 2.15.